The van der Waals surface area contributed by atoms with E-state index >= 15 is 0 Å². The zero-order chi connectivity index (χ0) is 27.5. The minimum atomic E-state index is -2.41. The summed E-state index contributed by atoms with van der Waals surface area (Å²) in [7, 11) is -2.41. The van der Waals surface area contributed by atoms with Gasteiger partial charge in [0, 0.05) is 13.0 Å². The summed E-state index contributed by atoms with van der Waals surface area (Å²) in [5.41, 5.74) is -0.395. The Morgan fingerprint density at radius 3 is 1.69 bits per heavy atom. The van der Waals surface area contributed by atoms with Gasteiger partial charge in [-0.05, 0) is 69.3 Å². The van der Waals surface area contributed by atoms with Crippen molar-refractivity contribution in [3.8, 4) is 5.75 Å². The molecule has 0 saturated carbocycles. The van der Waals surface area contributed by atoms with Gasteiger partial charge in [-0.2, -0.15) is 0 Å². The number of amides is 1. The highest BCUT2D eigenvalue weighted by Gasteiger charge is 2.59. The maximum Gasteiger partial charge on any atom is 0.514 e. The van der Waals surface area contributed by atoms with E-state index in [1.165, 1.54) is 15.9 Å². The minimum absolute atomic E-state index is 0.0279. The second-order valence-electron chi connectivity index (χ2n) is 10.6. The maximum absolute atomic E-state index is 14.5. The van der Waals surface area contributed by atoms with Crippen molar-refractivity contribution in [3.05, 3.63) is 115 Å². The van der Waals surface area contributed by atoms with E-state index < -0.39 is 19.0 Å². The summed E-state index contributed by atoms with van der Waals surface area (Å²) >= 11 is 0. The van der Waals surface area contributed by atoms with Crippen LogP contribution < -0.4 is 25.6 Å². The molecule has 5 nitrogen and oxygen atoms in total. The Hall–Kier alpha value is -3.95. The number of benzene rings is 4. The lowest BCUT2D eigenvalue weighted by atomic mass is 10.2. The molecule has 39 heavy (non-hydrogen) atoms. The van der Waals surface area contributed by atoms with Gasteiger partial charge in [0.25, 0.3) is 5.91 Å². The van der Waals surface area contributed by atoms with Gasteiger partial charge >= 0.3 is 6.16 Å². The normalized spacial score (nSPS) is 15.7. The van der Waals surface area contributed by atoms with Crippen molar-refractivity contribution >= 4 is 40.9 Å². The molecule has 1 saturated heterocycles. The fourth-order valence-electron chi connectivity index (χ4n) is 5.37. The summed E-state index contributed by atoms with van der Waals surface area (Å²) in [4.78, 5) is 28.8. The van der Waals surface area contributed by atoms with Crippen molar-refractivity contribution in [1.82, 2.24) is 0 Å². The molecule has 0 N–H and O–H groups in total. The molecule has 6 heteroatoms. The Morgan fingerprint density at radius 1 is 0.744 bits per heavy atom. The van der Waals surface area contributed by atoms with Gasteiger partial charge in [0.15, 0.2) is 11.4 Å². The van der Waals surface area contributed by atoms with E-state index in [0.717, 1.165) is 0 Å². The molecule has 0 spiro atoms. The van der Waals surface area contributed by atoms with Crippen LogP contribution in [0.2, 0.25) is 0 Å². The largest absolute Gasteiger partial charge is 0.514 e. The van der Waals surface area contributed by atoms with Gasteiger partial charge < -0.3 is 14.4 Å². The van der Waals surface area contributed by atoms with Gasteiger partial charge in [0.05, 0.1) is 5.69 Å². The first-order chi connectivity index (χ1) is 18.8. The van der Waals surface area contributed by atoms with Gasteiger partial charge in [-0.1, -0.05) is 66.7 Å². The summed E-state index contributed by atoms with van der Waals surface area (Å²) in [6.07, 6.45) is -0.121. The molecule has 0 aromatic heterocycles. The van der Waals surface area contributed by atoms with E-state index in [1.807, 2.05) is 30.3 Å². The first kappa shape index (κ1) is 26.6. The lowest BCUT2D eigenvalue weighted by molar-refractivity contribution is -0.116. The van der Waals surface area contributed by atoms with Crippen LogP contribution in [0.5, 0.6) is 5.75 Å². The van der Waals surface area contributed by atoms with Gasteiger partial charge in [0.2, 0.25) is 0 Å². The lowest BCUT2D eigenvalue weighted by Crippen LogP contribution is -2.43. The third-order valence-electron chi connectivity index (χ3n) is 6.87. The number of carbonyl (C=O) groups is 2. The monoisotopic (exact) mass is 538 g/mol. The average molecular weight is 539 g/mol. The van der Waals surface area contributed by atoms with E-state index in [1.54, 1.807) is 37.8 Å². The number of hydrogen-bond donors (Lipinski definition) is 0. The number of anilines is 1. The van der Waals surface area contributed by atoms with E-state index in [4.69, 9.17) is 9.47 Å². The van der Waals surface area contributed by atoms with Crippen LogP contribution in [0.3, 0.4) is 0 Å². The zero-order valence-electron chi connectivity index (χ0n) is 22.5. The quantitative estimate of drug-likeness (QED) is 0.169. The minimum Gasteiger partial charge on any atom is -0.428 e. The van der Waals surface area contributed by atoms with Crippen molar-refractivity contribution in [2.24, 2.45) is 0 Å². The molecule has 1 aliphatic rings. The second-order valence-corrected chi connectivity index (χ2v) is 14.2. The molecule has 5 rings (SSSR count). The predicted molar refractivity (Wildman–Crippen MR) is 159 cm³/mol. The van der Waals surface area contributed by atoms with E-state index in [0.29, 0.717) is 24.4 Å². The highest BCUT2D eigenvalue weighted by Crippen LogP contribution is 2.62. The summed E-state index contributed by atoms with van der Waals surface area (Å²) in [5.74, 6) is 0.337. The maximum atomic E-state index is 14.5. The number of carbonyl (C=O) groups excluding carboxylic acids is 2. The van der Waals surface area contributed by atoms with Crippen molar-refractivity contribution in [2.45, 2.75) is 38.5 Å². The van der Waals surface area contributed by atoms with Crippen LogP contribution in [-0.4, -0.2) is 29.9 Å². The molecule has 1 heterocycles. The Labute approximate surface area is 230 Å². The zero-order valence-corrected chi connectivity index (χ0v) is 23.4. The summed E-state index contributed by atoms with van der Waals surface area (Å²) < 4.78 is 11.0. The van der Waals surface area contributed by atoms with Crippen LogP contribution in [0.4, 0.5) is 10.5 Å². The van der Waals surface area contributed by atoms with Crippen molar-refractivity contribution in [3.63, 3.8) is 0 Å². The molecule has 0 radical (unpaired) electrons. The highest BCUT2D eigenvalue weighted by atomic mass is 31.2. The number of hydrogen-bond acceptors (Lipinski definition) is 4. The topological polar surface area (TPSA) is 55.8 Å². The molecular formula is C33H33NO4P+. The fraction of sp³-hybridized carbons (Fsp3) is 0.212. The first-order valence-corrected chi connectivity index (χ1v) is 15.0. The molecule has 4 aromatic rings. The standard InChI is InChI=1S/C33H33NO4P/c1-33(2,3)38-32(36)37-29-22-14-13-21-28(29)34-24-23-30(31(34)35)39(25-15-7-4-8-16-25,26-17-9-5-10-18-26)27-19-11-6-12-20-27/h4-22,30H,23-24H2,1-3H3/q+1. The van der Waals surface area contributed by atoms with E-state index in [2.05, 4.69) is 72.8 Å². The first-order valence-electron chi connectivity index (χ1n) is 13.2. The highest BCUT2D eigenvalue weighted by molar-refractivity contribution is 7.97. The lowest BCUT2D eigenvalue weighted by Gasteiger charge is -2.32. The third kappa shape index (κ3) is 5.32. The fourth-order valence-corrected chi connectivity index (χ4v) is 10.2. The average Bonchev–Trinajstić information content (AvgIpc) is 3.31. The molecule has 0 bridgehead atoms. The van der Waals surface area contributed by atoms with Crippen LogP contribution in [0, 0.1) is 0 Å². The van der Waals surface area contributed by atoms with Crippen LogP contribution >= 0.6 is 7.26 Å². The molecule has 4 aromatic carbocycles. The molecule has 0 aliphatic carbocycles. The van der Waals surface area contributed by atoms with Crippen molar-refractivity contribution in [2.75, 3.05) is 11.4 Å². The summed E-state index contributed by atoms with van der Waals surface area (Å²) in [6.45, 7) is 5.88. The van der Waals surface area contributed by atoms with Gasteiger partial charge in [0.1, 0.15) is 28.8 Å². The van der Waals surface area contributed by atoms with Crippen LogP contribution in [0.1, 0.15) is 27.2 Å². The van der Waals surface area contributed by atoms with E-state index in [-0.39, 0.29) is 11.6 Å². The Balaban J connectivity index is 1.60. The van der Waals surface area contributed by atoms with E-state index in [9.17, 15) is 9.59 Å². The molecule has 198 valence electrons. The molecular weight excluding hydrogens is 505 g/mol. The van der Waals surface area contributed by atoms with Gasteiger partial charge in [-0.3, -0.25) is 4.79 Å². The third-order valence-corrected chi connectivity index (χ3v) is 11.6. The SMILES string of the molecule is CC(C)(C)OC(=O)Oc1ccccc1N1CCC([P+](c2ccccc2)(c2ccccc2)c2ccccc2)C1=O. The Kier molecular flexibility index (Phi) is 7.54. The second kappa shape index (κ2) is 11.0. The molecule has 1 aliphatic heterocycles. The van der Waals surface area contributed by atoms with Crippen LogP contribution in [0.15, 0.2) is 115 Å². The van der Waals surface area contributed by atoms with Gasteiger partial charge in [-0.15, -0.1) is 0 Å². The Bertz CT molecular complexity index is 1340. The van der Waals surface area contributed by atoms with Crippen LogP contribution in [-0.2, 0) is 9.53 Å². The smallest absolute Gasteiger partial charge is 0.428 e. The predicted octanol–water partition coefficient (Wildman–Crippen LogP) is 6.10. The van der Waals surface area contributed by atoms with Gasteiger partial charge in [-0.25, -0.2) is 4.79 Å². The molecule has 1 fully saturated rings. The van der Waals surface area contributed by atoms with Crippen molar-refractivity contribution < 1.29 is 19.1 Å². The summed E-state index contributed by atoms with van der Waals surface area (Å²) in [5, 5.41) is 3.50. The molecule has 1 amide bonds. The van der Waals surface area contributed by atoms with Crippen molar-refractivity contribution in [1.29, 1.82) is 0 Å². The number of nitrogens with zero attached hydrogens (tertiary/aromatic N) is 1. The number of rotatable bonds is 6. The van der Waals surface area contributed by atoms with Crippen LogP contribution in [0.25, 0.3) is 0 Å². The Morgan fingerprint density at radius 2 is 1.21 bits per heavy atom. The number of para-hydroxylation sites is 2. The summed E-state index contributed by atoms with van der Waals surface area (Å²) in [6, 6.07) is 38.5. The molecule has 1 unspecified atom stereocenters. The number of ether oxygens (including phenoxy) is 2. The molecule has 1 atom stereocenters.